The van der Waals surface area contributed by atoms with Crippen LogP contribution in [-0.4, -0.2) is 43.6 Å². The molecule has 1 aliphatic rings. The molecular formula is C17H13F4N5O. The van der Waals surface area contributed by atoms with E-state index in [-0.39, 0.29) is 34.9 Å². The third kappa shape index (κ3) is 3.11. The van der Waals surface area contributed by atoms with Crippen molar-refractivity contribution in [3.63, 3.8) is 0 Å². The van der Waals surface area contributed by atoms with Gasteiger partial charge in [-0.1, -0.05) is 0 Å². The molecule has 1 fully saturated rings. The Balaban J connectivity index is 1.74. The van der Waals surface area contributed by atoms with E-state index in [9.17, 15) is 22.4 Å². The Morgan fingerprint density at radius 3 is 2.67 bits per heavy atom. The van der Waals surface area contributed by atoms with Crippen LogP contribution in [0.3, 0.4) is 0 Å². The molecule has 10 heteroatoms. The number of benzene rings is 1. The molecule has 1 amide bonds. The minimum absolute atomic E-state index is 0.0156. The van der Waals surface area contributed by atoms with Crippen LogP contribution in [0.15, 0.2) is 24.4 Å². The minimum Gasteiger partial charge on any atom is -0.341 e. The van der Waals surface area contributed by atoms with Crippen LogP contribution >= 0.6 is 0 Å². The van der Waals surface area contributed by atoms with Crippen molar-refractivity contribution >= 4 is 17.1 Å². The molecule has 0 aliphatic carbocycles. The average Bonchev–Trinajstić information content (AvgIpc) is 2.88. The van der Waals surface area contributed by atoms with E-state index in [2.05, 4.69) is 15.1 Å². The number of nitrogens with zero attached hydrogens (tertiary/aromatic N) is 5. The summed E-state index contributed by atoms with van der Waals surface area (Å²) in [5.41, 5.74) is -0.541. The molecule has 0 atom stereocenters. The lowest BCUT2D eigenvalue weighted by Crippen LogP contribution is -2.43. The first-order chi connectivity index (χ1) is 12.9. The molecule has 3 heterocycles. The smallest absolute Gasteiger partial charge is 0.266 e. The zero-order valence-electron chi connectivity index (χ0n) is 13.9. The summed E-state index contributed by atoms with van der Waals surface area (Å²) in [5.74, 6) is -2.13. The molecule has 6 nitrogen and oxygen atoms in total. The Morgan fingerprint density at radius 1 is 1.22 bits per heavy atom. The van der Waals surface area contributed by atoms with Gasteiger partial charge in [0.1, 0.15) is 12.4 Å². The van der Waals surface area contributed by atoms with Gasteiger partial charge in [0, 0.05) is 18.7 Å². The molecule has 0 bridgehead atoms. The average molecular weight is 379 g/mol. The molecule has 0 spiro atoms. The minimum atomic E-state index is -2.99. The fraction of sp³-hybridized carbons (Fsp3) is 0.294. The first kappa shape index (κ1) is 17.4. The first-order valence-electron chi connectivity index (χ1n) is 8.19. The highest BCUT2D eigenvalue weighted by Gasteiger charge is 2.23. The van der Waals surface area contributed by atoms with Crippen LogP contribution in [0, 0.1) is 11.8 Å². The van der Waals surface area contributed by atoms with Gasteiger partial charge < -0.3 is 4.90 Å². The number of hydrogen-bond donors (Lipinski definition) is 0. The van der Waals surface area contributed by atoms with Crippen LogP contribution in [0.5, 0.6) is 0 Å². The fourth-order valence-corrected chi connectivity index (χ4v) is 2.82. The maximum Gasteiger partial charge on any atom is 0.266 e. The van der Waals surface area contributed by atoms with Crippen LogP contribution in [0.1, 0.15) is 18.4 Å². The Morgan fingerprint density at radius 2 is 2.00 bits per heavy atom. The fourth-order valence-electron chi connectivity index (χ4n) is 2.82. The molecule has 0 N–H and O–H groups in total. The zero-order chi connectivity index (χ0) is 19.1. The SMILES string of the molecule is O=C(Cn1nc(F)c2ncc(-c3ccc(F)c(C(F)F)c3)nc21)N1CCC1. The van der Waals surface area contributed by atoms with Crippen LogP contribution < -0.4 is 0 Å². The highest BCUT2D eigenvalue weighted by molar-refractivity contribution is 5.80. The number of rotatable bonds is 4. The second-order valence-corrected chi connectivity index (χ2v) is 6.15. The van der Waals surface area contributed by atoms with Crippen LogP contribution in [0.4, 0.5) is 17.6 Å². The summed E-state index contributed by atoms with van der Waals surface area (Å²) in [7, 11) is 0. The van der Waals surface area contributed by atoms with E-state index in [0.29, 0.717) is 13.1 Å². The van der Waals surface area contributed by atoms with E-state index >= 15 is 0 Å². The van der Waals surface area contributed by atoms with Crippen LogP contribution in [0.25, 0.3) is 22.4 Å². The molecule has 27 heavy (non-hydrogen) atoms. The maximum absolute atomic E-state index is 14.0. The van der Waals surface area contributed by atoms with Crippen LogP contribution in [-0.2, 0) is 11.3 Å². The van der Waals surface area contributed by atoms with Gasteiger partial charge in [-0.2, -0.15) is 4.39 Å². The van der Waals surface area contributed by atoms with E-state index in [1.807, 2.05) is 0 Å². The number of fused-ring (bicyclic) bond motifs is 1. The first-order valence-corrected chi connectivity index (χ1v) is 8.19. The monoisotopic (exact) mass is 379 g/mol. The van der Waals surface area contributed by atoms with Crippen molar-refractivity contribution in [2.75, 3.05) is 13.1 Å². The van der Waals surface area contributed by atoms with Gasteiger partial charge in [-0.05, 0) is 24.6 Å². The quantitative estimate of drug-likeness (QED) is 0.654. The predicted molar refractivity (Wildman–Crippen MR) is 86.8 cm³/mol. The number of carbonyl (C=O) groups is 1. The molecule has 4 rings (SSSR count). The molecule has 3 aromatic rings. The molecule has 1 aliphatic heterocycles. The lowest BCUT2D eigenvalue weighted by atomic mass is 10.1. The van der Waals surface area contributed by atoms with E-state index < -0.39 is 23.8 Å². The summed E-state index contributed by atoms with van der Waals surface area (Å²) in [6.07, 6.45) is -0.878. The van der Waals surface area contributed by atoms with Crippen molar-refractivity contribution in [2.24, 2.45) is 0 Å². The van der Waals surface area contributed by atoms with Crippen molar-refractivity contribution < 1.29 is 22.4 Å². The molecule has 0 saturated carbocycles. The third-order valence-electron chi connectivity index (χ3n) is 4.42. The summed E-state index contributed by atoms with van der Waals surface area (Å²) >= 11 is 0. The maximum atomic E-state index is 14.0. The molecule has 140 valence electrons. The van der Waals surface area contributed by atoms with E-state index in [1.165, 1.54) is 12.3 Å². The second kappa shape index (κ2) is 6.60. The van der Waals surface area contributed by atoms with Gasteiger partial charge in [-0.25, -0.2) is 27.8 Å². The summed E-state index contributed by atoms with van der Waals surface area (Å²) in [6.45, 7) is 1.08. The normalized spacial score (nSPS) is 14.0. The van der Waals surface area contributed by atoms with Gasteiger partial charge in [-0.15, -0.1) is 5.10 Å². The third-order valence-corrected chi connectivity index (χ3v) is 4.42. The molecule has 0 radical (unpaired) electrons. The molecular weight excluding hydrogens is 366 g/mol. The predicted octanol–water partition coefficient (Wildman–Crippen LogP) is 2.94. The molecule has 1 saturated heterocycles. The van der Waals surface area contributed by atoms with Crippen molar-refractivity contribution in [2.45, 2.75) is 19.4 Å². The van der Waals surface area contributed by atoms with Gasteiger partial charge in [0.15, 0.2) is 11.2 Å². The highest BCUT2D eigenvalue weighted by Crippen LogP contribution is 2.28. The van der Waals surface area contributed by atoms with Crippen molar-refractivity contribution in [1.82, 2.24) is 24.6 Å². The lowest BCUT2D eigenvalue weighted by Gasteiger charge is -2.30. The second-order valence-electron chi connectivity index (χ2n) is 6.15. The van der Waals surface area contributed by atoms with Gasteiger partial charge >= 0.3 is 0 Å². The molecule has 1 aromatic carbocycles. The number of likely N-dealkylation sites (tertiary alicyclic amines) is 1. The van der Waals surface area contributed by atoms with Gasteiger partial charge in [0.05, 0.1) is 17.5 Å². The topological polar surface area (TPSA) is 63.9 Å². The summed E-state index contributed by atoms with van der Waals surface area (Å²) in [6, 6.07) is 3.16. The zero-order valence-corrected chi connectivity index (χ0v) is 13.9. The van der Waals surface area contributed by atoms with E-state index in [0.717, 1.165) is 23.2 Å². The summed E-state index contributed by atoms with van der Waals surface area (Å²) < 4.78 is 54.4. The number of aromatic nitrogens is 4. The van der Waals surface area contributed by atoms with Gasteiger partial charge in [0.2, 0.25) is 5.91 Å². The van der Waals surface area contributed by atoms with Crippen molar-refractivity contribution in [1.29, 1.82) is 0 Å². The Bertz CT molecular complexity index is 1030. The highest BCUT2D eigenvalue weighted by atomic mass is 19.3. The van der Waals surface area contributed by atoms with Gasteiger partial charge in [-0.3, -0.25) is 4.79 Å². The largest absolute Gasteiger partial charge is 0.341 e. The Kier molecular flexibility index (Phi) is 4.25. The number of alkyl halides is 2. The Labute approximate surface area is 150 Å². The van der Waals surface area contributed by atoms with Crippen molar-refractivity contribution in [3.05, 3.63) is 41.7 Å². The Hall–Kier alpha value is -3.04. The number of amides is 1. The number of carbonyl (C=O) groups excluding carboxylic acids is 1. The lowest BCUT2D eigenvalue weighted by molar-refractivity contribution is -0.135. The number of hydrogen-bond acceptors (Lipinski definition) is 4. The number of halogens is 4. The standard InChI is InChI=1S/C17H13F4N5O/c18-11-3-2-9(6-10(11)15(19)20)12-7-22-14-16(21)24-26(17(14)23-12)8-13(27)25-4-1-5-25/h2-3,6-7,15H,1,4-5,8H2. The van der Waals surface area contributed by atoms with E-state index in [4.69, 9.17) is 0 Å². The van der Waals surface area contributed by atoms with Gasteiger partial charge in [0.25, 0.3) is 12.4 Å². The van der Waals surface area contributed by atoms with Crippen LogP contribution in [0.2, 0.25) is 0 Å². The van der Waals surface area contributed by atoms with E-state index in [1.54, 1.807) is 4.90 Å². The molecule has 0 unspecified atom stereocenters. The van der Waals surface area contributed by atoms with Crippen molar-refractivity contribution in [3.8, 4) is 11.3 Å². The molecule has 2 aromatic heterocycles. The summed E-state index contributed by atoms with van der Waals surface area (Å²) in [5, 5.41) is 3.66. The summed E-state index contributed by atoms with van der Waals surface area (Å²) in [4.78, 5) is 21.9.